The molecule has 0 aliphatic rings. The van der Waals surface area contributed by atoms with Gasteiger partial charge in [0.1, 0.15) is 30.3 Å². The van der Waals surface area contributed by atoms with Crippen molar-refractivity contribution in [3.05, 3.63) is 59.5 Å². The quantitative estimate of drug-likeness (QED) is 0.425. The first-order chi connectivity index (χ1) is 14.8. The highest BCUT2D eigenvalue weighted by molar-refractivity contribution is 7.95. The maximum Gasteiger partial charge on any atom is 0.254 e. The lowest BCUT2D eigenvalue weighted by Gasteiger charge is -2.15. The van der Waals surface area contributed by atoms with E-state index in [0.29, 0.717) is 35.6 Å². The molecule has 0 saturated heterocycles. The Morgan fingerprint density at radius 1 is 1.23 bits per heavy atom. The maximum absolute atomic E-state index is 13.4. The minimum absolute atomic E-state index is 0.0484. The molecule has 0 fully saturated rings. The number of nitrogens with one attached hydrogen (secondary N) is 2. The average Bonchev–Trinajstić information content (AvgIpc) is 2.74. The summed E-state index contributed by atoms with van der Waals surface area (Å²) < 4.78 is 51.0. The van der Waals surface area contributed by atoms with E-state index in [1.54, 1.807) is 12.1 Å². The zero-order chi connectivity index (χ0) is 22.4. The van der Waals surface area contributed by atoms with E-state index in [9.17, 15) is 12.8 Å². The van der Waals surface area contributed by atoms with Crippen molar-refractivity contribution in [3.8, 4) is 5.75 Å². The van der Waals surface area contributed by atoms with E-state index in [-0.39, 0.29) is 23.1 Å². The van der Waals surface area contributed by atoms with Crippen molar-refractivity contribution in [2.75, 3.05) is 29.9 Å². The Morgan fingerprint density at radius 3 is 2.74 bits per heavy atom. The molecule has 2 aromatic carbocycles. The molecular formula is C20H20ClFN4O4S. The lowest BCUT2D eigenvalue weighted by atomic mass is 10.2. The molecule has 0 unspecified atom stereocenters. The zero-order valence-electron chi connectivity index (χ0n) is 16.6. The first kappa shape index (κ1) is 22.7. The lowest BCUT2D eigenvalue weighted by Crippen LogP contribution is -2.12. The van der Waals surface area contributed by atoms with E-state index < -0.39 is 15.8 Å². The molecule has 2 N–H and O–H groups in total. The van der Waals surface area contributed by atoms with Crippen LogP contribution in [0.25, 0.3) is 10.9 Å². The maximum atomic E-state index is 13.4. The molecule has 1 heterocycles. The molecule has 0 saturated carbocycles. The Labute approximate surface area is 184 Å². The number of halogens is 2. The number of rotatable bonds is 10. The van der Waals surface area contributed by atoms with Crippen molar-refractivity contribution in [2.24, 2.45) is 0 Å². The average molecular weight is 467 g/mol. The van der Waals surface area contributed by atoms with Crippen LogP contribution in [0.15, 0.2) is 48.6 Å². The van der Waals surface area contributed by atoms with Gasteiger partial charge in [0.15, 0.2) is 0 Å². The van der Waals surface area contributed by atoms with Gasteiger partial charge in [0, 0.05) is 29.2 Å². The Bertz CT molecular complexity index is 1210. The van der Waals surface area contributed by atoms with Gasteiger partial charge in [0.2, 0.25) is 0 Å². The largest absolute Gasteiger partial charge is 0.489 e. The van der Waals surface area contributed by atoms with Crippen LogP contribution in [0.4, 0.5) is 21.6 Å². The van der Waals surface area contributed by atoms with Crippen LogP contribution in [0.5, 0.6) is 5.75 Å². The minimum Gasteiger partial charge on any atom is -0.489 e. The van der Waals surface area contributed by atoms with E-state index in [4.69, 9.17) is 21.1 Å². The molecular weight excluding hydrogens is 447 g/mol. The molecule has 0 radical (unpaired) electrons. The number of hydrogen-bond donors (Lipinski definition) is 2. The van der Waals surface area contributed by atoms with Gasteiger partial charge in [-0.25, -0.2) is 22.8 Å². The molecule has 1 aromatic heterocycles. The lowest BCUT2D eigenvalue weighted by molar-refractivity contribution is 0.110. The second-order valence-electron chi connectivity index (χ2n) is 6.20. The Morgan fingerprint density at radius 2 is 2.03 bits per heavy atom. The van der Waals surface area contributed by atoms with Crippen LogP contribution in [-0.4, -0.2) is 38.2 Å². The van der Waals surface area contributed by atoms with Crippen molar-refractivity contribution < 1.29 is 22.3 Å². The Kier molecular flexibility index (Phi) is 7.26. The van der Waals surface area contributed by atoms with Crippen molar-refractivity contribution >= 4 is 49.7 Å². The topological polar surface area (TPSA) is 102 Å². The van der Waals surface area contributed by atoms with Crippen LogP contribution in [0, 0.1) is 5.82 Å². The molecule has 8 nitrogen and oxygen atoms in total. The molecule has 11 heteroatoms. The van der Waals surface area contributed by atoms with Crippen LogP contribution in [0.3, 0.4) is 0 Å². The highest BCUT2D eigenvalue weighted by Gasteiger charge is 2.15. The van der Waals surface area contributed by atoms with Crippen molar-refractivity contribution in [2.45, 2.75) is 6.92 Å². The smallest absolute Gasteiger partial charge is 0.254 e. The van der Waals surface area contributed by atoms with Crippen LogP contribution in [-0.2, 0) is 14.8 Å². The fourth-order valence-corrected chi connectivity index (χ4v) is 3.37. The summed E-state index contributed by atoms with van der Waals surface area (Å²) in [4.78, 5) is 8.44. The number of hydrogen-bond acceptors (Lipinski definition) is 7. The van der Waals surface area contributed by atoms with E-state index in [2.05, 4.69) is 26.6 Å². The Hall–Kier alpha value is -2.95. The van der Waals surface area contributed by atoms with Gasteiger partial charge in [-0.3, -0.25) is 4.72 Å². The zero-order valence-corrected chi connectivity index (χ0v) is 18.1. The van der Waals surface area contributed by atoms with E-state index in [0.717, 1.165) is 5.41 Å². The summed E-state index contributed by atoms with van der Waals surface area (Å²) in [5.41, 5.74) is 1.18. The van der Waals surface area contributed by atoms with Gasteiger partial charge in [0.25, 0.3) is 10.0 Å². The van der Waals surface area contributed by atoms with Gasteiger partial charge in [0.05, 0.1) is 22.8 Å². The predicted molar refractivity (Wildman–Crippen MR) is 119 cm³/mol. The molecule has 0 spiro atoms. The summed E-state index contributed by atoms with van der Waals surface area (Å²) >= 11 is 5.84. The molecule has 3 aromatic rings. The van der Waals surface area contributed by atoms with Crippen LogP contribution >= 0.6 is 11.6 Å². The summed E-state index contributed by atoms with van der Waals surface area (Å²) in [6, 6.07) is 7.27. The summed E-state index contributed by atoms with van der Waals surface area (Å²) in [5.74, 6) is 0.0921. The van der Waals surface area contributed by atoms with Crippen molar-refractivity contribution in [1.82, 2.24) is 9.97 Å². The third-order valence-corrected chi connectivity index (χ3v) is 5.31. The van der Waals surface area contributed by atoms with Gasteiger partial charge >= 0.3 is 0 Å². The van der Waals surface area contributed by atoms with Gasteiger partial charge in [-0.2, -0.15) is 0 Å². The normalized spacial score (nSPS) is 11.3. The second kappa shape index (κ2) is 9.90. The highest BCUT2D eigenvalue weighted by atomic mass is 35.5. The van der Waals surface area contributed by atoms with Gasteiger partial charge in [-0.1, -0.05) is 18.2 Å². The van der Waals surface area contributed by atoms with Crippen LogP contribution in [0.1, 0.15) is 6.92 Å². The van der Waals surface area contributed by atoms with E-state index in [1.807, 2.05) is 6.92 Å². The molecule has 0 amide bonds. The number of ether oxygens (including phenoxy) is 2. The first-order valence-corrected chi connectivity index (χ1v) is 11.1. The number of anilines is 3. The molecule has 0 atom stereocenters. The van der Waals surface area contributed by atoms with Crippen LogP contribution < -0.4 is 14.8 Å². The summed E-state index contributed by atoms with van der Waals surface area (Å²) in [6.07, 6.45) is 1.34. The van der Waals surface area contributed by atoms with Gasteiger partial charge in [-0.15, -0.1) is 0 Å². The van der Waals surface area contributed by atoms with Crippen molar-refractivity contribution in [3.63, 3.8) is 0 Å². The van der Waals surface area contributed by atoms with Crippen molar-refractivity contribution in [1.29, 1.82) is 0 Å². The highest BCUT2D eigenvalue weighted by Crippen LogP contribution is 2.34. The van der Waals surface area contributed by atoms with E-state index >= 15 is 0 Å². The summed E-state index contributed by atoms with van der Waals surface area (Å²) in [7, 11) is -3.80. The monoisotopic (exact) mass is 466 g/mol. The molecule has 0 aliphatic heterocycles. The third-order valence-electron chi connectivity index (χ3n) is 4.08. The SMILES string of the molecule is C=CS(=O)(=O)Nc1cc2c(Nc3ccc(F)c(Cl)c3)ncnc2cc1OCCOCC. The van der Waals surface area contributed by atoms with Crippen LogP contribution in [0.2, 0.25) is 5.02 Å². The second-order valence-corrected chi connectivity index (χ2v) is 8.24. The molecule has 0 aliphatic carbocycles. The first-order valence-electron chi connectivity index (χ1n) is 9.19. The number of aromatic nitrogens is 2. The molecule has 0 bridgehead atoms. The minimum atomic E-state index is -3.80. The summed E-state index contributed by atoms with van der Waals surface area (Å²) in [5, 5.41) is 4.29. The number of sulfonamides is 1. The van der Waals surface area contributed by atoms with E-state index in [1.165, 1.54) is 24.5 Å². The number of benzene rings is 2. The molecule has 3 rings (SSSR count). The fraction of sp³-hybridized carbons (Fsp3) is 0.200. The third kappa shape index (κ3) is 5.81. The number of nitrogens with zero attached hydrogens (tertiary/aromatic N) is 2. The Balaban J connectivity index is 2.02. The fourth-order valence-electron chi connectivity index (χ4n) is 2.64. The van der Waals surface area contributed by atoms with Gasteiger partial charge in [-0.05, 0) is 31.2 Å². The standard InChI is InChI=1S/C20H20ClFN4O4S/c1-3-29-7-8-30-19-11-17-14(10-18(19)26-31(27,28)4-2)20(24-12-23-17)25-13-5-6-16(22)15(21)9-13/h4-6,9-12,26H,2-3,7-8H2,1H3,(H,23,24,25). The molecule has 31 heavy (non-hydrogen) atoms. The number of fused-ring (bicyclic) bond motifs is 1. The summed E-state index contributed by atoms with van der Waals surface area (Å²) in [6.45, 7) is 6.25. The van der Waals surface area contributed by atoms with Gasteiger partial charge < -0.3 is 14.8 Å². The predicted octanol–water partition coefficient (Wildman–Crippen LogP) is 4.47. The molecule has 164 valence electrons.